The first-order valence-corrected chi connectivity index (χ1v) is 13.1. The smallest absolute Gasteiger partial charge is 0.319 e. The normalized spacial score (nSPS) is 13.4. The summed E-state index contributed by atoms with van der Waals surface area (Å²) >= 11 is 6.32. The number of benzene rings is 2. The van der Waals surface area contributed by atoms with Gasteiger partial charge in [0.05, 0.1) is 5.69 Å². The Balaban J connectivity index is 1.29. The van der Waals surface area contributed by atoms with Gasteiger partial charge in [-0.2, -0.15) is 0 Å². The van der Waals surface area contributed by atoms with Gasteiger partial charge in [0.25, 0.3) is 5.91 Å². The minimum absolute atomic E-state index is 0.268. The standard InChI is InChI=1S/C28H33ClN6O4/c1-19-15-26(38-14-13-35-11-9-31-10-12-35)24(17-23(19)29)34-28(37)33-18-20-3-5-21(6-4-20)39-22-7-8-32-25(16-22)27(36)30-2/h3-8,15-17,31H,9-14,18H2,1-2H3,(H,30,36)(H2,33,34,37). The van der Waals surface area contributed by atoms with Crippen molar-refractivity contribution < 1.29 is 19.1 Å². The Bertz CT molecular complexity index is 1280. The number of ether oxygens (including phenoxy) is 2. The van der Waals surface area contributed by atoms with Gasteiger partial charge in [0, 0.05) is 63.6 Å². The molecule has 1 aliphatic rings. The number of anilines is 1. The number of piperazine rings is 1. The fourth-order valence-corrected chi connectivity index (χ4v) is 4.14. The lowest BCUT2D eigenvalue weighted by molar-refractivity contribution is 0.0957. The molecule has 1 aromatic heterocycles. The maximum atomic E-state index is 12.7. The van der Waals surface area contributed by atoms with Crippen molar-refractivity contribution in [2.75, 3.05) is 51.7 Å². The molecule has 0 saturated carbocycles. The molecule has 0 atom stereocenters. The van der Waals surface area contributed by atoms with Crippen LogP contribution in [-0.4, -0.2) is 68.2 Å². The number of carbonyl (C=O) groups is 2. The van der Waals surface area contributed by atoms with Gasteiger partial charge in [-0.05, 0) is 48.4 Å². The number of hydrogen-bond donors (Lipinski definition) is 4. The van der Waals surface area contributed by atoms with Crippen molar-refractivity contribution in [3.63, 3.8) is 0 Å². The van der Waals surface area contributed by atoms with Crippen molar-refractivity contribution in [2.24, 2.45) is 0 Å². The molecule has 3 aromatic rings. The van der Waals surface area contributed by atoms with E-state index in [1.807, 2.05) is 25.1 Å². The number of pyridine rings is 1. The zero-order chi connectivity index (χ0) is 27.6. The maximum Gasteiger partial charge on any atom is 0.319 e. The van der Waals surface area contributed by atoms with Gasteiger partial charge in [-0.3, -0.25) is 14.7 Å². The average molecular weight is 553 g/mol. The second-order valence-corrected chi connectivity index (χ2v) is 9.45. The van der Waals surface area contributed by atoms with Gasteiger partial charge >= 0.3 is 6.03 Å². The van der Waals surface area contributed by atoms with Crippen molar-refractivity contribution in [3.05, 3.63) is 76.6 Å². The summed E-state index contributed by atoms with van der Waals surface area (Å²) in [5.74, 6) is 1.38. The van der Waals surface area contributed by atoms with Crippen molar-refractivity contribution >= 4 is 29.2 Å². The van der Waals surface area contributed by atoms with E-state index in [9.17, 15) is 9.59 Å². The van der Waals surface area contributed by atoms with Crippen LogP contribution in [0, 0.1) is 6.92 Å². The number of nitrogens with one attached hydrogen (secondary N) is 4. The van der Waals surface area contributed by atoms with Crippen molar-refractivity contribution in [1.82, 2.24) is 25.8 Å². The number of nitrogens with zero attached hydrogens (tertiary/aromatic N) is 2. The number of carbonyl (C=O) groups excluding carboxylic acids is 2. The third-order valence-electron chi connectivity index (χ3n) is 6.19. The van der Waals surface area contributed by atoms with E-state index in [2.05, 4.69) is 31.2 Å². The number of aromatic nitrogens is 1. The van der Waals surface area contributed by atoms with E-state index in [-0.39, 0.29) is 17.6 Å². The van der Waals surface area contributed by atoms with Gasteiger partial charge in [-0.25, -0.2) is 4.79 Å². The van der Waals surface area contributed by atoms with Crippen LogP contribution < -0.4 is 30.7 Å². The Kier molecular flexibility index (Phi) is 9.96. The monoisotopic (exact) mass is 552 g/mol. The summed E-state index contributed by atoms with van der Waals surface area (Å²) in [6, 6.07) is 13.7. The number of rotatable bonds is 10. The van der Waals surface area contributed by atoms with Crippen LogP contribution in [0.25, 0.3) is 0 Å². The van der Waals surface area contributed by atoms with Crippen LogP contribution in [0.2, 0.25) is 5.02 Å². The van der Waals surface area contributed by atoms with Crippen LogP contribution in [0.1, 0.15) is 21.6 Å². The Morgan fingerprint density at radius 2 is 1.85 bits per heavy atom. The quantitative estimate of drug-likeness (QED) is 0.302. The van der Waals surface area contributed by atoms with E-state index in [0.717, 1.165) is 43.9 Å². The zero-order valence-corrected chi connectivity index (χ0v) is 22.8. The van der Waals surface area contributed by atoms with Gasteiger partial charge < -0.3 is 30.7 Å². The van der Waals surface area contributed by atoms with Crippen molar-refractivity contribution in [2.45, 2.75) is 13.5 Å². The van der Waals surface area contributed by atoms with Crippen LogP contribution in [0.15, 0.2) is 54.7 Å². The third kappa shape index (κ3) is 8.31. The zero-order valence-electron chi connectivity index (χ0n) is 22.1. The molecule has 11 heteroatoms. The lowest BCUT2D eigenvalue weighted by atomic mass is 10.2. The minimum atomic E-state index is -0.374. The molecule has 206 valence electrons. The molecule has 0 bridgehead atoms. The topological polar surface area (TPSA) is 117 Å². The van der Waals surface area contributed by atoms with Gasteiger partial charge in [-0.1, -0.05) is 23.7 Å². The minimum Gasteiger partial charge on any atom is -0.490 e. The lowest BCUT2D eigenvalue weighted by Crippen LogP contribution is -2.44. The third-order valence-corrected chi connectivity index (χ3v) is 6.59. The van der Waals surface area contributed by atoms with E-state index in [1.165, 1.54) is 6.20 Å². The first-order valence-electron chi connectivity index (χ1n) is 12.8. The molecule has 39 heavy (non-hydrogen) atoms. The molecule has 2 heterocycles. The van der Waals surface area contributed by atoms with E-state index >= 15 is 0 Å². The number of amides is 3. The molecule has 4 rings (SSSR count). The molecular formula is C28H33ClN6O4. The number of urea groups is 1. The van der Waals surface area contributed by atoms with E-state index in [4.69, 9.17) is 21.1 Å². The summed E-state index contributed by atoms with van der Waals surface area (Å²) in [7, 11) is 1.54. The van der Waals surface area contributed by atoms with E-state index in [1.54, 1.807) is 37.4 Å². The fourth-order valence-electron chi connectivity index (χ4n) is 3.98. The Labute approximate surface area is 233 Å². The molecule has 2 aromatic carbocycles. The van der Waals surface area contributed by atoms with Crippen LogP contribution in [0.5, 0.6) is 17.2 Å². The molecule has 1 aliphatic heterocycles. The van der Waals surface area contributed by atoms with Crippen molar-refractivity contribution in [3.8, 4) is 17.2 Å². The van der Waals surface area contributed by atoms with Crippen LogP contribution >= 0.6 is 11.6 Å². The largest absolute Gasteiger partial charge is 0.490 e. The molecular weight excluding hydrogens is 520 g/mol. The molecule has 10 nitrogen and oxygen atoms in total. The highest BCUT2D eigenvalue weighted by Gasteiger charge is 2.14. The van der Waals surface area contributed by atoms with Crippen molar-refractivity contribution in [1.29, 1.82) is 0 Å². The maximum absolute atomic E-state index is 12.7. The molecule has 1 saturated heterocycles. The summed E-state index contributed by atoms with van der Waals surface area (Å²) in [4.78, 5) is 30.8. The average Bonchev–Trinajstić information content (AvgIpc) is 2.95. The summed E-state index contributed by atoms with van der Waals surface area (Å²) in [5, 5.41) is 12.1. The number of halogens is 1. The number of hydrogen-bond acceptors (Lipinski definition) is 7. The molecule has 3 amide bonds. The summed E-state index contributed by atoms with van der Waals surface area (Å²) in [5.41, 5.74) is 2.54. The Morgan fingerprint density at radius 1 is 1.08 bits per heavy atom. The van der Waals surface area contributed by atoms with Gasteiger partial charge in [0.15, 0.2) is 0 Å². The second kappa shape index (κ2) is 13.8. The van der Waals surface area contributed by atoms with Crippen LogP contribution in [0.3, 0.4) is 0 Å². The fraction of sp³-hybridized carbons (Fsp3) is 0.321. The van der Waals surface area contributed by atoms with Crippen LogP contribution in [-0.2, 0) is 6.54 Å². The van der Waals surface area contributed by atoms with Gasteiger partial charge in [-0.15, -0.1) is 0 Å². The number of aryl methyl sites for hydroxylation is 1. The van der Waals surface area contributed by atoms with Crippen LogP contribution in [0.4, 0.5) is 10.5 Å². The highest BCUT2D eigenvalue weighted by Crippen LogP contribution is 2.31. The highest BCUT2D eigenvalue weighted by atomic mass is 35.5. The first-order chi connectivity index (χ1) is 18.9. The first kappa shape index (κ1) is 28.2. The summed E-state index contributed by atoms with van der Waals surface area (Å²) < 4.78 is 11.9. The lowest BCUT2D eigenvalue weighted by Gasteiger charge is -2.27. The molecule has 1 fully saturated rings. The predicted molar refractivity (Wildman–Crippen MR) is 151 cm³/mol. The molecule has 0 unspecified atom stereocenters. The second-order valence-electron chi connectivity index (χ2n) is 9.05. The Morgan fingerprint density at radius 3 is 2.59 bits per heavy atom. The summed E-state index contributed by atoms with van der Waals surface area (Å²) in [6.07, 6.45) is 1.51. The SMILES string of the molecule is CNC(=O)c1cc(Oc2ccc(CNC(=O)Nc3cc(Cl)c(C)cc3OCCN3CCNCC3)cc2)ccn1. The van der Waals surface area contributed by atoms with Gasteiger partial charge in [0.1, 0.15) is 29.5 Å². The molecule has 0 radical (unpaired) electrons. The van der Waals surface area contributed by atoms with E-state index < -0.39 is 0 Å². The molecule has 0 spiro atoms. The van der Waals surface area contributed by atoms with E-state index in [0.29, 0.717) is 41.1 Å². The summed E-state index contributed by atoms with van der Waals surface area (Å²) in [6.45, 7) is 7.47. The molecule has 0 aliphatic carbocycles. The predicted octanol–water partition coefficient (Wildman–Crippen LogP) is 3.80. The Hall–Kier alpha value is -3.86. The van der Waals surface area contributed by atoms with Gasteiger partial charge in [0.2, 0.25) is 0 Å². The highest BCUT2D eigenvalue weighted by molar-refractivity contribution is 6.31. The molecule has 4 N–H and O–H groups in total.